The number of benzene rings is 3. The second-order valence-electron chi connectivity index (χ2n) is 7.56. The smallest absolute Gasteiger partial charge is 0.300 e. The second-order valence-corrected chi connectivity index (χ2v) is 7.97. The molecular weight excluding hydrogens is 445 g/mol. The van der Waals surface area contributed by atoms with Gasteiger partial charge < -0.3 is 9.84 Å². The first kappa shape index (κ1) is 22.6. The Balaban J connectivity index is 1.94. The van der Waals surface area contributed by atoms with Crippen LogP contribution >= 0.6 is 11.6 Å². The number of nitrogens with zero attached hydrogens (tertiary/aromatic N) is 1. The number of carbonyl (C=O) groups is 2. The van der Waals surface area contributed by atoms with E-state index < -0.39 is 23.5 Å². The van der Waals surface area contributed by atoms with Crippen molar-refractivity contribution in [1.82, 2.24) is 0 Å². The molecule has 1 heterocycles. The molecule has 1 amide bonds. The van der Waals surface area contributed by atoms with Crippen molar-refractivity contribution >= 4 is 34.7 Å². The summed E-state index contributed by atoms with van der Waals surface area (Å²) in [6, 6.07) is 16.2. The van der Waals surface area contributed by atoms with Gasteiger partial charge in [-0.2, -0.15) is 0 Å². The maximum absolute atomic E-state index is 14.9. The summed E-state index contributed by atoms with van der Waals surface area (Å²) in [5.41, 5.74) is 1.57. The molecule has 3 aromatic carbocycles. The van der Waals surface area contributed by atoms with Gasteiger partial charge in [0.05, 0.1) is 23.7 Å². The number of aryl methyl sites for hydroxylation is 1. The Hall–Kier alpha value is -3.64. The number of methoxy groups -OCH3 is 1. The van der Waals surface area contributed by atoms with E-state index in [2.05, 4.69) is 0 Å². The van der Waals surface area contributed by atoms with E-state index in [0.717, 1.165) is 16.9 Å². The van der Waals surface area contributed by atoms with Gasteiger partial charge in [0.1, 0.15) is 17.3 Å². The van der Waals surface area contributed by atoms with Gasteiger partial charge in [0.2, 0.25) is 0 Å². The minimum atomic E-state index is -1.18. The van der Waals surface area contributed by atoms with Gasteiger partial charge in [0.25, 0.3) is 11.7 Å². The van der Waals surface area contributed by atoms with Crippen LogP contribution in [0.5, 0.6) is 5.75 Å². The molecule has 0 bridgehead atoms. The third-order valence-electron chi connectivity index (χ3n) is 5.69. The van der Waals surface area contributed by atoms with E-state index in [1.54, 1.807) is 30.3 Å². The van der Waals surface area contributed by atoms with Gasteiger partial charge in [-0.15, -0.1) is 0 Å². The number of rotatable bonds is 5. The van der Waals surface area contributed by atoms with Crippen LogP contribution in [-0.4, -0.2) is 23.9 Å². The third kappa shape index (κ3) is 3.98. The first-order chi connectivity index (χ1) is 15.9. The SMILES string of the molecule is CCc1ccc(/C(O)=C2\C(=O)C(=O)N(c3ccc(OC)c(Cl)c3)C2c2ccccc2F)cc1. The Kier molecular flexibility index (Phi) is 6.20. The highest BCUT2D eigenvalue weighted by Gasteiger charge is 2.47. The van der Waals surface area contributed by atoms with Gasteiger partial charge in [0, 0.05) is 16.8 Å². The summed E-state index contributed by atoms with van der Waals surface area (Å²) < 4.78 is 20.1. The Morgan fingerprint density at radius 2 is 1.79 bits per heavy atom. The van der Waals surface area contributed by atoms with Gasteiger partial charge in [-0.25, -0.2) is 4.39 Å². The number of aliphatic hydroxyl groups excluding tert-OH is 1. The lowest BCUT2D eigenvalue weighted by Gasteiger charge is -2.26. The number of halogens is 2. The fraction of sp³-hybridized carbons (Fsp3) is 0.154. The first-order valence-electron chi connectivity index (χ1n) is 10.4. The quantitative estimate of drug-likeness (QED) is 0.299. The average molecular weight is 466 g/mol. The number of hydrogen-bond donors (Lipinski definition) is 1. The highest BCUT2D eigenvalue weighted by molar-refractivity contribution is 6.51. The zero-order valence-electron chi connectivity index (χ0n) is 18.0. The minimum absolute atomic E-state index is 0.0790. The fourth-order valence-electron chi connectivity index (χ4n) is 3.95. The highest BCUT2D eigenvalue weighted by Crippen LogP contribution is 2.44. The number of anilines is 1. The van der Waals surface area contributed by atoms with Crippen molar-refractivity contribution in [3.05, 3.63) is 99.8 Å². The number of hydrogen-bond acceptors (Lipinski definition) is 4. The first-order valence-corrected chi connectivity index (χ1v) is 10.7. The number of ketones is 1. The van der Waals surface area contributed by atoms with E-state index in [-0.39, 0.29) is 27.6 Å². The Morgan fingerprint density at radius 3 is 2.39 bits per heavy atom. The number of Topliss-reactive ketones (excluding diaryl/α,β-unsaturated/α-hetero) is 1. The van der Waals surface area contributed by atoms with Gasteiger partial charge in [-0.05, 0) is 36.2 Å². The van der Waals surface area contributed by atoms with Crippen molar-refractivity contribution in [2.24, 2.45) is 0 Å². The standard InChI is InChI=1S/C26H21ClFNO4/c1-3-15-8-10-16(11-9-15)24(30)22-23(18-6-4-5-7-20(18)28)29(26(32)25(22)31)17-12-13-21(33-2)19(27)14-17/h4-14,23,30H,3H2,1-2H3/b24-22+. The number of ether oxygens (including phenoxy) is 1. The summed E-state index contributed by atoms with van der Waals surface area (Å²) >= 11 is 6.26. The van der Waals surface area contributed by atoms with Crippen molar-refractivity contribution in [2.75, 3.05) is 12.0 Å². The van der Waals surface area contributed by atoms with E-state index >= 15 is 0 Å². The summed E-state index contributed by atoms with van der Waals surface area (Å²) in [7, 11) is 1.45. The summed E-state index contributed by atoms with van der Waals surface area (Å²) in [4.78, 5) is 27.4. The lowest BCUT2D eigenvalue weighted by Crippen LogP contribution is -2.29. The molecule has 168 valence electrons. The molecule has 4 rings (SSSR count). The second kappa shape index (κ2) is 9.08. The lowest BCUT2D eigenvalue weighted by atomic mass is 9.94. The molecule has 5 nitrogen and oxygen atoms in total. The molecule has 1 aliphatic rings. The van der Waals surface area contributed by atoms with E-state index in [4.69, 9.17) is 16.3 Å². The zero-order valence-corrected chi connectivity index (χ0v) is 18.8. The average Bonchev–Trinajstić information content (AvgIpc) is 3.09. The Bertz CT molecular complexity index is 1270. The molecule has 0 spiro atoms. The van der Waals surface area contributed by atoms with Crippen LogP contribution in [0.3, 0.4) is 0 Å². The summed E-state index contributed by atoms with van der Waals surface area (Å²) in [6.07, 6.45) is 0.804. The zero-order chi connectivity index (χ0) is 23.7. The van der Waals surface area contributed by atoms with Crippen LogP contribution in [0.15, 0.2) is 72.3 Å². The van der Waals surface area contributed by atoms with Crippen LogP contribution in [-0.2, 0) is 16.0 Å². The van der Waals surface area contributed by atoms with Gasteiger partial charge in [0.15, 0.2) is 0 Å². The van der Waals surface area contributed by atoms with Crippen LogP contribution in [0, 0.1) is 5.82 Å². The van der Waals surface area contributed by atoms with Crippen LogP contribution in [0.2, 0.25) is 5.02 Å². The van der Waals surface area contributed by atoms with Gasteiger partial charge >= 0.3 is 0 Å². The van der Waals surface area contributed by atoms with Crippen molar-refractivity contribution in [2.45, 2.75) is 19.4 Å². The molecule has 0 radical (unpaired) electrons. The third-order valence-corrected chi connectivity index (χ3v) is 5.99. The van der Waals surface area contributed by atoms with E-state index in [1.807, 2.05) is 19.1 Å². The predicted octanol–water partition coefficient (Wildman–Crippen LogP) is 5.68. The largest absolute Gasteiger partial charge is 0.507 e. The molecule has 0 aromatic heterocycles. The predicted molar refractivity (Wildman–Crippen MR) is 125 cm³/mol. The molecule has 1 N–H and O–H groups in total. The van der Waals surface area contributed by atoms with Crippen LogP contribution in [0.4, 0.5) is 10.1 Å². The maximum Gasteiger partial charge on any atom is 0.300 e. The minimum Gasteiger partial charge on any atom is -0.507 e. The van der Waals surface area contributed by atoms with Gasteiger partial charge in [-0.3, -0.25) is 14.5 Å². The monoisotopic (exact) mass is 465 g/mol. The Labute approximate surface area is 195 Å². The van der Waals surface area contributed by atoms with Gasteiger partial charge in [-0.1, -0.05) is 61.0 Å². The maximum atomic E-state index is 14.9. The van der Waals surface area contributed by atoms with Crippen LogP contribution < -0.4 is 9.64 Å². The molecule has 1 unspecified atom stereocenters. The normalized spacial score (nSPS) is 17.5. The van der Waals surface area contributed by atoms with E-state index in [0.29, 0.717) is 11.3 Å². The number of carbonyl (C=O) groups excluding carboxylic acids is 2. The van der Waals surface area contributed by atoms with Crippen molar-refractivity contribution in [3.8, 4) is 5.75 Å². The summed E-state index contributed by atoms with van der Waals surface area (Å²) in [5, 5.41) is 11.3. The van der Waals surface area contributed by atoms with Crippen LogP contribution in [0.1, 0.15) is 29.7 Å². The molecule has 1 atom stereocenters. The molecule has 3 aromatic rings. The number of aliphatic hydroxyl groups is 1. The number of amides is 1. The van der Waals surface area contributed by atoms with Crippen LogP contribution in [0.25, 0.3) is 5.76 Å². The summed E-state index contributed by atoms with van der Waals surface area (Å²) in [5.74, 6) is -2.40. The van der Waals surface area contributed by atoms with E-state index in [1.165, 1.54) is 31.4 Å². The highest BCUT2D eigenvalue weighted by atomic mass is 35.5. The molecule has 1 fully saturated rings. The summed E-state index contributed by atoms with van der Waals surface area (Å²) in [6.45, 7) is 2.00. The molecule has 0 aliphatic carbocycles. The van der Waals surface area contributed by atoms with E-state index in [9.17, 15) is 19.1 Å². The molecule has 0 saturated carbocycles. The molecule has 1 saturated heterocycles. The lowest BCUT2D eigenvalue weighted by molar-refractivity contribution is -0.132. The van der Waals surface area contributed by atoms with Crippen molar-refractivity contribution in [3.63, 3.8) is 0 Å². The van der Waals surface area contributed by atoms with Crippen molar-refractivity contribution < 1.29 is 23.8 Å². The molecule has 7 heteroatoms. The molecular formula is C26H21ClFNO4. The molecule has 1 aliphatic heterocycles. The molecule has 33 heavy (non-hydrogen) atoms. The fourth-order valence-corrected chi connectivity index (χ4v) is 4.20. The topological polar surface area (TPSA) is 66.8 Å². The van der Waals surface area contributed by atoms with Crippen molar-refractivity contribution in [1.29, 1.82) is 0 Å². The Morgan fingerprint density at radius 1 is 1.09 bits per heavy atom.